The molecule has 9 nitrogen and oxygen atoms in total. The van der Waals surface area contributed by atoms with Crippen LogP contribution in [0.2, 0.25) is 0 Å². The second kappa shape index (κ2) is 12.4. The van der Waals surface area contributed by atoms with E-state index >= 15 is 0 Å². The fourth-order valence-electron chi connectivity index (χ4n) is 4.43. The number of amides is 2. The molecule has 2 N–H and O–H groups in total. The fourth-order valence-corrected chi connectivity index (χ4v) is 6.32. The lowest BCUT2D eigenvalue weighted by Gasteiger charge is -2.13. The minimum Gasteiger partial charge on any atom is -0.493 e. The summed E-state index contributed by atoms with van der Waals surface area (Å²) in [6.07, 6.45) is 4.28. The van der Waals surface area contributed by atoms with Crippen molar-refractivity contribution < 1.29 is 23.5 Å². The summed E-state index contributed by atoms with van der Waals surface area (Å²) in [5.41, 5.74) is 3.24. The summed E-state index contributed by atoms with van der Waals surface area (Å²) >= 11 is 2.64. The summed E-state index contributed by atoms with van der Waals surface area (Å²) in [7, 11) is 3.17. The molecular formula is C28H28N4O5S2. The van der Waals surface area contributed by atoms with Crippen LogP contribution in [0.25, 0.3) is 0 Å². The number of carbonyl (C=O) groups excluding carboxylic acids is 2. The van der Waals surface area contributed by atoms with Gasteiger partial charge in [0.2, 0.25) is 11.8 Å². The molecule has 2 aromatic heterocycles. The van der Waals surface area contributed by atoms with Gasteiger partial charge in [-0.2, -0.15) is 0 Å². The SMILES string of the molecule is COc1ccc(Cc2nnc(SCC(=O)Nc3sc4c(c3C(=O)Nc3ccccc3)CCCC4)o2)cc1OC. The largest absolute Gasteiger partial charge is 0.493 e. The molecule has 0 radical (unpaired) electrons. The quantitative estimate of drug-likeness (QED) is 0.239. The van der Waals surface area contributed by atoms with E-state index in [9.17, 15) is 9.59 Å². The van der Waals surface area contributed by atoms with E-state index in [1.54, 1.807) is 14.2 Å². The molecule has 0 unspecified atom stereocenters. The molecule has 11 heteroatoms. The van der Waals surface area contributed by atoms with Crippen molar-refractivity contribution in [2.24, 2.45) is 0 Å². The monoisotopic (exact) mass is 564 g/mol. The number of benzene rings is 2. The number of methoxy groups -OCH3 is 2. The molecule has 0 saturated heterocycles. The third-order valence-electron chi connectivity index (χ3n) is 6.26. The molecule has 2 aromatic carbocycles. The fraction of sp³-hybridized carbons (Fsp3) is 0.286. The summed E-state index contributed by atoms with van der Waals surface area (Å²) < 4.78 is 16.4. The van der Waals surface area contributed by atoms with Crippen molar-refractivity contribution in [1.82, 2.24) is 10.2 Å². The van der Waals surface area contributed by atoms with Gasteiger partial charge in [-0.15, -0.1) is 21.5 Å². The lowest BCUT2D eigenvalue weighted by molar-refractivity contribution is -0.113. The van der Waals surface area contributed by atoms with Gasteiger partial charge in [0.25, 0.3) is 11.1 Å². The molecular weight excluding hydrogens is 536 g/mol. The Morgan fingerprint density at radius 3 is 2.59 bits per heavy atom. The summed E-state index contributed by atoms with van der Waals surface area (Å²) in [6.45, 7) is 0. The highest BCUT2D eigenvalue weighted by atomic mass is 32.2. The van der Waals surface area contributed by atoms with Crippen LogP contribution in [-0.4, -0.2) is 42.0 Å². The molecule has 4 aromatic rings. The number of nitrogens with one attached hydrogen (secondary N) is 2. The van der Waals surface area contributed by atoms with Gasteiger partial charge in [-0.25, -0.2) is 0 Å². The number of thiophene rings is 1. The van der Waals surface area contributed by atoms with Gasteiger partial charge in [0.1, 0.15) is 5.00 Å². The summed E-state index contributed by atoms with van der Waals surface area (Å²) in [5, 5.41) is 15.0. The minimum atomic E-state index is -0.244. The summed E-state index contributed by atoms with van der Waals surface area (Å²) in [6, 6.07) is 14.9. The van der Waals surface area contributed by atoms with Gasteiger partial charge in [-0.05, 0) is 61.1 Å². The number of nitrogens with zero attached hydrogens (tertiary/aromatic N) is 2. The van der Waals surface area contributed by atoms with Crippen molar-refractivity contribution in [1.29, 1.82) is 0 Å². The van der Waals surface area contributed by atoms with Crippen molar-refractivity contribution in [2.75, 3.05) is 30.6 Å². The third kappa shape index (κ3) is 6.43. The first-order chi connectivity index (χ1) is 19.0. The average molecular weight is 565 g/mol. The van der Waals surface area contributed by atoms with Crippen LogP contribution in [0.5, 0.6) is 11.5 Å². The molecule has 0 aliphatic heterocycles. The molecule has 39 heavy (non-hydrogen) atoms. The zero-order valence-electron chi connectivity index (χ0n) is 21.6. The Kier molecular flexibility index (Phi) is 8.48. The van der Waals surface area contributed by atoms with Gasteiger partial charge in [0.05, 0.1) is 32.0 Å². The number of carbonyl (C=O) groups is 2. The normalized spacial score (nSPS) is 12.5. The van der Waals surface area contributed by atoms with Crippen LogP contribution in [0.15, 0.2) is 58.2 Å². The average Bonchev–Trinajstić information content (AvgIpc) is 3.56. The third-order valence-corrected chi connectivity index (χ3v) is 8.29. The molecule has 5 rings (SSSR count). The van der Waals surface area contributed by atoms with E-state index in [1.807, 2.05) is 48.5 Å². The number of ether oxygens (including phenoxy) is 2. The van der Waals surface area contributed by atoms with Gasteiger partial charge in [0.15, 0.2) is 11.5 Å². The first-order valence-electron chi connectivity index (χ1n) is 12.5. The number of hydrogen-bond donors (Lipinski definition) is 2. The number of aryl methyl sites for hydroxylation is 1. The maximum Gasteiger partial charge on any atom is 0.277 e. The van der Waals surface area contributed by atoms with Crippen molar-refractivity contribution in [3.05, 3.63) is 76.0 Å². The second-order valence-electron chi connectivity index (χ2n) is 8.90. The van der Waals surface area contributed by atoms with Crippen LogP contribution in [0, 0.1) is 0 Å². The highest BCUT2D eigenvalue weighted by molar-refractivity contribution is 7.99. The standard InChI is InChI=1S/C28H28N4O5S2/c1-35-20-13-12-17(14-21(20)36-2)15-24-31-32-28(37-24)38-16-23(33)30-27-25(19-10-6-7-11-22(19)39-27)26(34)29-18-8-4-3-5-9-18/h3-5,8-9,12-14H,6-7,10-11,15-16H2,1-2H3,(H,29,34)(H,30,33). The van der Waals surface area contributed by atoms with E-state index in [4.69, 9.17) is 13.9 Å². The van der Waals surface area contributed by atoms with Crippen LogP contribution < -0.4 is 20.1 Å². The molecule has 1 aliphatic carbocycles. The molecule has 0 spiro atoms. The minimum absolute atomic E-state index is 0.0697. The van der Waals surface area contributed by atoms with E-state index in [2.05, 4.69) is 20.8 Å². The van der Waals surface area contributed by atoms with Gasteiger partial charge in [-0.3, -0.25) is 9.59 Å². The van der Waals surface area contributed by atoms with Gasteiger partial charge < -0.3 is 24.5 Å². The van der Waals surface area contributed by atoms with E-state index in [-0.39, 0.29) is 17.6 Å². The van der Waals surface area contributed by atoms with Gasteiger partial charge >= 0.3 is 0 Å². The van der Waals surface area contributed by atoms with E-state index in [1.165, 1.54) is 16.2 Å². The Labute approximate surface area is 234 Å². The van der Waals surface area contributed by atoms with Gasteiger partial charge in [-0.1, -0.05) is 36.0 Å². The van der Waals surface area contributed by atoms with Crippen molar-refractivity contribution in [3.8, 4) is 11.5 Å². The predicted octanol–water partition coefficient (Wildman–Crippen LogP) is 5.60. The molecule has 202 valence electrons. The van der Waals surface area contributed by atoms with E-state index in [0.29, 0.717) is 45.3 Å². The Morgan fingerprint density at radius 2 is 1.79 bits per heavy atom. The zero-order valence-corrected chi connectivity index (χ0v) is 23.2. The first-order valence-corrected chi connectivity index (χ1v) is 14.3. The Bertz CT molecular complexity index is 1470. The first kappa shape index (κ1) is 26.8. The molecule has 1 aliphatic rings. The lowest BCUT2D eigenvalue weighted by Crippen LogP contribution is -2.19. The van der Waals surface area contributed by atoms with Crippen molar-refractivity contribution in [2.45, 2.75) is 37.3 Å². The number of para-hydroxylation sites is 1. The summed E-state index contributed by atoms with van der Waals surface area (Å²) in [4.78, 5) is 27.3. The van der Waals surface area contributed by atoms with Gasteiger partial charge in [0, 0.05) is 10.6 Å². The zero-order chi connectivity index (χ0) is 27.2. The van der Waals surface area contributed by atoms with Crippen LogP contribution in [-0.2, 0) is 24.1 Å². The Morgan fingerprint density at radius 1 is 1.00 bits per heavy atom. The van der Waals surface area contributed by atoms with Crippen LogP contribution in [0.3, 0.4) is 0 Å². The molecule has 0 atom stereocenters. The van der Waals surface area contributed by atoms with Crippen LogP contribution in [0.4, 0.5) is 10.7 Å². The highest BCUT2D eigenvalue weighted by Crippen LogP contribution is 2.39. The summed E-state index contributed by atoms with van der Waals surface area (Å²) in [5.74, 6) is 1.30. The van der Waals surface area contributed by atoms with E-state index < -0.39 is 0 Å². The van der Waals surface area contributed by atoms with E-state index in [0.717, 1.165) is 48.6 Å². The lowest BCUT2D eigenvalue weighted by atomic mass is 9.95. The number of aromatic nitrogens is 2. The molecule has 2 heterocycles. The maximum atomic E-state index is 13.2. The topological polar surface area (TPSA) is 116 Å². The number of anilines is 2. The van der Waals surface area contributed by atoms with Crippen LogP contribution >= 0.6 is 23.1 Å². The molecule has 0 fully saturated rings. The molecule has 0 bridgehead atoms. The highest BCUT2D eigenvalue weighted by Gasteiger charge is 2.26. The van der Waals surface area contributed by atoms with Crippen LogP contribution in [0.1, 0.15) is 45.1 Å². The smallest absolute Gasteiger partial charge is 0.277 e. The second-order valence-corrected chi connectivity index (χ2v) is 10.9. The van der Waals surface area contributed by atoms with Crippen molar-refractivity contribution in [3.63, 3.8) is 0 Å². The Hall–Kier alpha value is -3.83. The number of rotatable bonds is 10. The number of hydrogen-bond acceptors (Lipinski definition) is 9. The predicted molar refractivity (Wildman–Crippen MR) is 151 cm³/mol. The Balaban J connectivity index is 1.22. The number of thioether (sulfide) groups is 1. The number of fused-ring (bicyclic) bond motifs is 1. The maximum absolute atomic E-state index is 13.2. The molecule has 0 saturated carbocycles. The molecule has 2 amide bonds. The van der Waals surface area contributed by atoms with Crippen molar-refractivity contribution >= 4 is 45.6 Å².